The molecule has 0 bridgehead atoms. The van der Waals surface area contributed by atoms with Crippen LogP contribution in [0.2, 0.25) is 0 Å². The van der Waals surface area contributed by atoms with Crippen LogP contribution in [0.3, 0.4) is 0 Å². The van der Waals surface area contributed by atoms with Crippen molar-refractivity contribution in [3.63, 3.8) is 0 Å². The molecule has 0 atom stereocenters. The van der Waals surface area contributed by atoms with E-state index in [4.69, 9.17) is 4.74 Å². The smallest absolute Gasteiger partial charge is 0.267 e. The Morgan fingerprint density at radius 2 is 1.76 bits per heavy atom. The van der Waals surface area contributed by atoms with Gasteiger partial charge in [0.05, 0.1) is 6.61 Å². The second-order valence-corrected chi connectivity index (χ2v) is 6.82. The van der Waals surface area contributed by atoms with E-state index >= 15 is 0 Å². The topological polar surface area (TPSA) is 79.3 Å². The van der Waals surface area contributed by atoms with Crippen LogP contribution < -0.4 is 21.3 Å². The van der Waals surface area contributed by atoms with Gasteiger partial charge in [0.2, 0.25) is 0 Å². The van der Waals surface area contributed by atoms with E-state index in [0.717, 1.165) is 36.3 Å². The lowest BCUT2D eigenvalue weighted by Crippen LogP contribution is -2.27. The Balaban J connectivity index is 1.74. The van der Waals surface area contributed by atoms with Gasteiger partial charge in [-0.15, -0.1) is 0 Å². The molecule has 0 unspecified atom stereocenters. The molecule has 1 aromatic carbocycles. The van der Waals surface area contributed by atoms with Crippen molar-refractivity contribution in [1.82, 2.24) is 20.5 Å². The number of aryl methyl sites for hydroxylation is 1. The molecule has 1 heterocycles. The van der Waals surface area contributed by atoms with Crippen molar-refractivity contribution >= 4 is 11.6 Å². The third kappa shape index (κ3) is 7.19. The fourth-order valence-corrected chi connectivity index (χ4v) is 2.88. The number of carbonyl (C=O) groups is 1. The highest BCUT2D eigenvalue weighted by Crippen LogP contribution is 2.23. The van der Waals surface area contributed by atoms with Crippen LogP contribution in [0.4, 0.5) is 5.69 Å². The molecule has 7 heteroatoms. The first kappa shape index (κ1) is 22.4. The Labute approximate surface area is 173 Å². The summed E-state index contributed by atoms with van der Waals surface area (Å²) in [7, 11) is 5.70. The Hall–Kier alpha value is -2.93. The van der Waals surface area contributed by atoms with E-state index in [0.29, 0.717) is 31.1 Å². The summed E-state index contributed by atoms with van der Waals surface area (Å²) < 4.78 is 7.38. The Kier molecular flexibility index (Phi) is 9.11. The van der Waals surface area contributed by atoms with Gasteiger partial charge in [-0.3, -0.25) is 4.79 Å². The van der Waals surface area contributed by atoms with Gasteiger partial charge in [-0.05, 0) is 56.8 Å². The molecule has 0 aliphatic rings. The second kappa shape index (κ2) is 11.8. The zero-order chi connectivity index (χ0) is 21.1. The van der Waals surface area contributed by atoms with Crippen molar-refractivity contribution in [3.05, 3.63) is 54.7 Å². The highest BCUT2D eigenvalue weighted by molar-refractivity contribution is 5.94. The summed E-state index contributed by atoms with van der Waals surface area (Å²) in [6.45, 7) is 6.67. The van der Waals surface area contributed by atoms with Crippen LogP contribution in [0.25, 0.3) is 11.1 Å². The van der Waals surface area contributed by atoms with Gasteiger partial charge in [0.1, 0.15) is 5.69 Å². The largest absolute Gasteiger partial charge is 0.480 e. The average molecular weight is 400 g/mol. The van der Waals surface area contributed by atoms with E-state index in [2.05, 4.69) is 27.8 Å². The van der Waals surface area contributed by atoms with E-state index in [9.17, 15) is 4.79 Å². The number of ether oxygens (including phenoxy) is 1. The molecule has 1 aromatic heterocycles. The molecule has 0 saturated heterocycles. The predicted molar refractivity (Wildman–Crippen MR) is 119 cm³/mol. The summed E-state index contributed by atoms with van der Waals surface area (Å²) >= 11 is 0. The Morgan fingerprint density at radius 1 is 1.03 bits per heavy atom. The third-order valence-corrected chi connectivity index (χ3v) is 4.55. The van der Waals surface area contributed by atoms with E-state index in [1.807, 2.05) is 62.2 Å². The van der Waals surface area contributed by atoms with Crippen molar-refractivity contribution in [2.45, 2.75) is 12.8 Å². The molecule has 0 aliphatic carbocycles. The van der Waals surface area contributed by atoms with E-state index in [-0.39, 0.29) is 5.91 Å². The summed E-state index contributed by atoms with van der Waals surface area (Å²) in [5.74, 6) is 0.485. The molecule has 7 nitrogen and oxygen atoms in total. The number of rotatable bonds is 13. The zero-order valence-electron chi connectivity index (χ0n) is 17.7. The lowest BCUT2D eigenvalue weighted by molar-refractivity contribution is 0.0941. The maximum absolute atomic E-state index is 12.5. The predicted octanol–water partition coefficient (Wildman–Crippen LogP) is 2.54. The molecule has 0 fully saturated rings. The van der Waals surface area contributed by atoms with Gasteiger partial charge < -0.3 is 30.6 Å². The molecule has 1 amide bonds. The number of nitrogens with zero attached hydrogens (tertiary/aromatic N) is 1. The zero-order valence-corrected chi connectivity index (χ0v) is 17.7. The lowest BCUT2D eigenvalue weighted by atomic mass is 10.1. The van der Waals surface area contributed by atoms with Gasteiger partial charge in [-0.25, -0.2) is 0 Å². The Morgan fingerprint density at radius 3 is 2.45 bits per heavy atom. The van der Waals surface area contributed by atoms with Gasteiger partial charge in [0.15, 0.2) is 5.88 Å². The van der Waals surface area contributed by atoms with Crippen molar-refractivity contribution < 1.29 is 9.53 Å². The number of hydrogen-bond donors (Lipinski definition) is 4. The summed E-state index contributed by atoms with van der Waals surface area (Å²) in [5, 5.41) is 12.3. The van der Waals surface area contributed by atoms with Crippen molar-refractivity contribution in [2.75, 3.05) is 45.7 Å². The SMILES string of the molecule is C=C(NCCCNC)OCCCNC(=O)c1cc(-c2ccc(NC)cc2)cn1C. The number of benzene rings is 1. The van der Waals surface area contributed by atoms with Crippen LogP contribution in [0, 0.1) is 0 Å². The van der Waals surface area contributed by atoms with Gasteiger partial charge in [-0.1, -0.05) is 12.1 Å². The van der Waals surface area contributed by atoms with Crippen LogP contribution in [-0.2, 0) is 11.8 Å². The molecule has 0 aliphatic heterocycles. The molecule has 2 aromatic rings. The lowest BCUT2D eigenvalue weighted by Gasteiger charge is -2.11. The van der Waals surface area contributed by atoms with Crippen LogP contribution in [0.1, 0.15) is 23.3 Å². The number of carbonyl (C=O) groups excluding carboxylic acids is 1. The van der Waals surface area contributed by atoms with E-state index in [1.54, 1.807) is 0 Å². The fraction of sp³-hybridized carbons (Fsp3) is 0.409. The first-order chi connectivity index (χ1) is 14.0. The van der Waals surface area contributed by atoms with Crippen molar-refractivity contribution in [1.29, 1.82) is 0 Å². The summed E-state index contributed by atoms with van der Waals surface area (Å²) in [6, 6.07) is 10.0. The summed E-state index contributed by atoms with van der Waals surface area (Å²) in [6.07, 6.45) is 3.69. The van der Waals surface area contributed by atoms with Crippen LogP contribution >= 0.6 is 0 Å². The molecule has 158 valence electrons. The van der Waals surface area contributed by atoms with Crippen LogP contribution in [-0.4, -0.2) is 50.8 Å². The molecular formula is C22H33N5O2. The summed E-state index contributed by atoms with van der Waals surface area (Å²) in [5.41, 5.74) is 3.78. The average Bonchev–Trinajstić information content (AvgIpc) is 3.12. The number of aromatic nitrogens is 1. The normalized spacial score (nSPS) is 10.4. The second-order valence-electron chi connectivity index (χ2n) is 6.82. The Bertz CT molecular complexity index is 783. The molecule has 0 radical (unpaired) electrons. The van der Waals surface area contributed by atoms with Gasteiger partial charge >= 0.3 is 0 Å². The van der Waals surface area contributed by atoms with Crippen molar-refractivity contribution in [3.8, 4) is 11.1 Å². The van der Waals surface area contributed by atoms with E-state index < -0.39 is 0 Å². The van der Waals surface area contributed by atoms with Gasteiger partial charge in [-0.2, -0.15) is 0 Å². The van der Waals surface area contributed by atoms with Crippen LogP contribution in [0.15, 0.2) is 49.0 Å². The molecule has 4 N–H and O–H groups in total. The molecule has 29 heavy (non-hydrogen) atoms. The highest BCUT2D eigenvalue weighted by Gasteiger charge is 2.12. The quantitative estimate of drug-likeness (QED) is 0.308. The molecular weight excluding hydrogens is 366 g/mol. The minimum atomic E-state index is -0.0883. The number of hydrogen-bond acceptors (Lipinski definition) is 5. The van der Waals surface area contributed by atoms with Crippen LogP contribution in [0.5, 0.6) is 0 Å². The first-order valence-electron chi connectivity index (χ1n) is 9.98. The maximum Gasteiger partial charge on any atom is 0.267 e. The maximum atomic E-state index is 12.5. The van der Waals surface area contributed by atoms with E-state index in [1.165, 1.54) is 0 Å². The molecule has 0 spiro atoms. The number of nitrogens with one attached hydrogen (secondary N) is 4. The van der Waals surface area contributed by atoms with Crippen molar-refractivity contribution in [2.24, 2.45) is 7.05 Å². The fourth-order valence-electron chi connectivity index (χ4n) is 2.88. The van der Waals surface area contributed by atoms with Gasteiger partial charge in [0.25, 0.3) is 5.91 Å². The highest BCUT2D eigenvalue weighted by atomic mass is 16.5. The minimum Gasteiger partial charge on any atom is -0.480 e. The number of anilines is 1. The molecule has 0 saturated carbocycles. The standard InChI is InChI=1S/C22H33N5O2/c1-17(25-12-5-11-23-2)29-14-6-13-26-22(28)21-15-19(16-27(21)4)18-7-9-20(24-3)10-8-18/h7-10,15-16,23-25H,1,5-6,11-14H2,2-4H3,(H,26,28). The molecule has 2 rings (SSSR count). The first-order valence-corrected chi connectivity index (χ1v) is 9.98. The van der Waals surface area contributed by atoms with Gasteiger partial charge in [0, 0.05) is 44.6 Å². The number of amides is 1. The monoisotopic (exact) mass is 399 g/mol. The third-order valence-electron chi connectivity index (χ3n) is 4.55. The summed E-state index contributed by atoms with van der Waals surface area (Å²) in [4.78, 5) is 12.5. The minimum absolute atomic E-state index is 0.0883.